The fraction of sp³-hybridized carbons (Fsp3) is 0.833. The summed E-state index contributed by atoms with van der Waals surface area (Å²) in [5.74, 6) is 0.0972. The Morgan fingerprint density at radius 3 is 1.00 bits per heavy atom. The molecule has 0 fully saturated rings. The molecule has 0 spiro atoms. The number of nitrogens with zero attached hydrogens (tertiary/aromatic N) is 2. The largest absolute Gasteiger partial charge is 0.359 e. The number of hydrogen-bond acceptors (Lipinski definition) is 3. The first-order valence-electron chi connectivity index (χ1n) is 4.62. The van der Waals surface area contributed by atoms with Crippen molar-refractivity contribution < 1.29 is 9.59 Å². The highest BCUT2D eigenvalue weighted by atomic mass is 16.2. The van der Waals surface area contributed by atoms with Crippen molar-refractivity contribution in [1.82, 2.24) is 15.1 Å². The van der Waals surface area contributed by atoms with E-state index in [2.05, 4.69) is 5.32 Å². The average molecular weight is 251 g/mol. The normalized spacial score (nSPS) is 6.88. The molecule has 0 rings (SSSR count). The highest BCUT2D eigenvalue weighted by molar-refractivity contribution is 5.72. The van der Waals surface area contributed by atoms with Crippen molar-refractivity contribution in [1.29, 1.82) is 0 Å². The summed E-state index contributed by atoms with van der Waals surface area (Å²) in [5.41, 5.74) is 0. The first-order chi connectivity index (χ1) is 6.64. The molecule has 0 atom stereocenters. The summed E-state index contributed by atoms with van der Waals surface area (Å²) < 4.78 is 0. The zero-order chi connectivity index (χ0) is 13.0. The third kappa shape index (κ3) is 103. The standard InChI is InChI=1S/C4H9NO.C3H7NO.C3H9N.2CH4/c1-4(6)5(2)3;1-3(5)4-2;1-4(2)3;;/h1-3H3;1-2H3,(H,4,5);1-3H3;2*1H4. The molecule has 5 heteroatoms. The number of rotatable bonds is 0. The molecule has 5 nitrogen and oxygen atoms in total. The van der Waals surface area contributed by atoms with Gasteiger partial charge in [-0.15, -0.1) is 0 Å². The van der Waals surface area contributed by atoms with Gasteiger partial charge < -0.3 is 15.1 Å². The quantitative estimate of drug-likeness (QED) is 0.706. The van der Waals surface area contributed by atoms with Gasteiger partial charge in [0.15, 0.2) is 0 Å². The highest BCUT2D eigenvalue weighted by Gasteiger charge is 1.87. The molecule has 0 bridgehead atoms. The lowest BCUT2D eigenvalue weighted by Crippen LogP contribution is -2.17. The SMILES string of the molecule is C.C.CC(=O)N(C)C.CN(C)C.CNC(C)=O. The van der Waals surface area contributed by atoms with Crippen LogP contribution in [-0.4, -0.2) is 63.9 Å². The van der Waals surface area contributed by atoms with Gasteiger partial charge in [0.1, 0.15) is 0 Å². The second kappa shape index (κ2) is 20.3. The number of carbonyl (C=O) groups excluding carboxylic acids is 2. The third-order valence-corrected chi connectivity index (χ3v) is 0.982. The van der Waals surface area contributed by atoms with Gasteiger partial charge >= 0.3 is 0 Å². The van der Waals surface area contributed by atoms with Crippen molar-refractivity contribution in [3.8, 4) is 0 Å². The summed E-state index contributed by atoms with van der Waals surface area (Å²) >= 11 is 0. The molecule has 0 aromatic rings. The Kier molecular flexibility index (Phi) is 35.5. The van der Waals surface area contributed by atoms with Crippen LogP contribution in [0.25, 0.3) is 0 Å². The van der Waals surface area contributed by atoms with Crippen molar-refractivity contribution in [3.05, 3.63) is 0 Å². The average Bonchev–Trinajstić information content (AvgIpc) is 2.04. The van der Waals surface area contributed by atoms with Gasteiger partial charge in [0.25, 0.3) is 0 Å². The zero-order valence-corrected chi connectivity index (χ0v) is 11.2. The summed E-state index contributed by atoms with van der Waals surface area (Å²) in [4.78, 5) is 23.3. The molecule has 0 aliphatic rings. The van der Waals surface area contributed by atoms with E-state index in [1.54, 1.807) is 21.1 Å². The van der Waals surface area contributed by atoms with Gasteiger partial charge in [0.05, 0.1) is 0 Å². The summed E-state index contributed by atoms with van der Waals surface area (Å²) in [6.07, 6.45) is 0. The van der Waals surface area contributed by atoms with Gasteiger partial charge in [0, 0.05) is 35.0 Å². The van der Waals surface area contributed by atoms with Gasteiger partial charge in [-0.1, -0.05) is 14.9 Å². The van der Waals surface area contributed by atoms with Crippen LogP contribution in [-0.2, 0) is 9.59 Å². The highest BCUT2D eigenvalue weighted by Crippen LogP contribution is 1.69. The summed E-state index contributed by atoms with van der Waals surface area (Å²) in [5, 5.41) is 2.39. The van der Waals surface area contributed by atoms with Gasteiger partial charge in [-0.3, -0.25) is 9.59 Å². The van der Waals surface area contributed by atoms with Crippen LogP contribution in [0.15, 0.2) is 0 Å². The molecule has 0 saturated carbocycles. The minimum absolute atomic E-state index is 0. The second-order valence-corrected chi connectivity index (χ2v) is 3.56. The van der Waals surface area contributed by atoms with Crippen molar-refractivity contribution in [2.75, 3.05) is 42.3 Å². The fourth-order valence-electron chi connectivity index (χ4n) is 0. The second-order valence-electron chi connectivity index (χ2n) is 3.56. The van der Waals surface area contributed by atoms with Crippen molar-refractivity contribution >= 4 is 11.8 Å². The van der Waals surface area contributed by atoms with Crippen LogP contribution >= 0.6 is 0 Å². The molecular formula is C12H33N3O2. The molecule has 108 valence electrons. The van der Waals surface area contributed by atoms with E-state index in [9.17, 15) is 9.59 Å². The fourth-order valence-corrected chi connectivity index (χ4v) is 0. The van der Waals surface area contributed by atoms with E-state index in [1.807, 2.05) is 26.0 Å². The van der Waals surface area contributed by atoms with E-state index >= 15 is 0 Å². The molecule has 17 heavy (non-hydrogen) atoms. The van der Waals surface area contributed by atoms with Crippen LogP contribution < -0.4 is 5.32 Å². The maximum absolute atomic E-state index is 10.1. The monoisotopic (exact) mass is 251 g/mol. The summed E-state index contributed by atoms with van der Waals surface area (Å²) in [6, 6.07) is 0. The molecule has 0 saturated heterocycles. The van der Waals surface area contributed by atoms with Crippen molar-refractivity contribution in [3.63, 3.8) is 0 Å². The van der Waals surface area contributed by atoms with E-state index in [-0.39, 0.29) is 26.7 Å². The molecule has 1 N–H and O–H groups in total. The molecule has 0 radical (unpaired) electrons. The first-order valence-corrected chi connectivity index (χ1v) is 4.62. The minimum atomic E-state index is 0. The first kappa shape index (κ1) is 29.7. The van der Waals surface area contributed by atoms with Crippen LogP contribution in [0.1, 0.15) is 28.7 Å². The summed E-state index contributed by atoms with van der Waals surface area (Å²) in [7, 11) is 11.0. The predicted octanol–water partition coefficient (Wildman–Crippen LogP) is 1.30. The third-order valence-electron chi connectivity index (χ3n) is 0.982. The van der Waals surface area contributed by atoms with Gasteiger partial charge in [0.2, 0.25) is 11.8 Å². The number of carbonyl (C=O) groups is 2. The molecular weight excluding hydrogens is 218 g/mol. The Morgan fingerprint density at radius 1 is 0.882 bits per heavy atom. The Morgan fingerprint density at radius 2 is 1.00 bits per heavy atom. The van der Waals surface area contributed by atoms with E-state index in [0.29, 0.717) is 0 Å². The van der Waals surface area contributed by atoms with E-state index in [1.165, 1.54) is 18.7 Å². The molecule has 0 aliphatic heterocycles. The molecule has 0 unspecified atom stereocenters. The Labute approximate surface area is 108 Å². The van der Waals surface area contributed by atoms with Crippen LogP contribution in [0, 0.1) is 0 Å². The summed E-state index contributed by atoms with van der Waals surface area (Å²) in [6.45, 7) is 3.00. The van der Waals surface area contributed by atoms with Crippen LogP contribution in [0.3, 0.4) is 0 Å². The lowest BCUT2D eigenvalue weighted by Gasteiger charge is -2.02. The topological polar surface area (TPSA) is 52.7 Å². The molecule has 2 amide bonds. The lowest BCUT2D eigenvalue weighted by molar-refractivity contribution is -0.126. The van der Waals surface area contributed by atoms with E-state index < -0.39 is 0 Å². The molecule has 0 heterocycles. The maximum atomic E-state index is 10.1. The van der Waals surface area contributed by atoms with Crippen molar-refractivity contribution in [2.24, 2.45) is 0 Å². The van der Waals surface area contributed by atoms with Gasteiger partial charge in [-0.25, -0.2) is 0 Å². The zero-order valence-electron chi connectivity index (χ0n) is 11.2. The Bertz CT molecular complexity index is 166. The van der Waals surface area contributed by atoms with Gasteiger partial charge in [-0.2, -0.15) is 0 Å². The predicted molar refractivity (Wildman–Crippen MR) is 77.2 cm³/mol. The molecule has 0 aromatic heterocycles. The lowest BCUT2D eigenvalue weighted by atomic mass is 10.7. The number of nitrogens with one attached hydrogen (secondary N) is 1. The van der Waals surface area contributed by atoms with Crippen LogP contribution in [0.2, 0.25) is 0 Å². The Balaban J connectivity index is -0.0000000407. The van der Waals surface area contributed by atoms with E-state index in [4.69, 9.17) is 0 Å². The molecule has 0 aliphatic carbocycles. The Hall–Kier alpha value is -1.10. The smallest absolute Gasteiger partial charge is 0.218 e. The van der Waals surface area contributed by atoms with Crippen molar-refractivity contribution in [2.45, 2.75) is 28.7 Å². The van der Waals surface area contributed by atoms with E-state index in [0.717, 1.165) is 0 Å². The molecule has 0 aromatic carbocycles. The van der Waals surface area contributed by atoms with Gasteiger partial charge in [-0.05, 0) is 21.1 Å². The van der Waals surface area contributed by atoms with Crippen LogP contribution in [0.5, 0.6) is 0 Å². The maximum Gasteiger partial charge on any atom is 0.218 e. The van der Waals surface area contributed by atoms with Crippen LogP contribution in [0.4, 0.5) is 0 Å². The minimum Gasteiger partial charge on any atom is -0.359 e. The number of amides is 2. The number of hydrogen-bond donors (Lipinski definition) is 1.